The molecule has 0 amide bonds. The Morgan fingerprint density at radius 1 is 0.447 bits per heavy atom. The van der Waals surface area contributed by atoms with E-state index < -0.39 is 0 Å². The molecule has 0 bridgehead atoms. The van der Waals surface area contributed by atoms with Crippen LogP contribution in [0.4, 0.5) is 34.1 Å². The van der Waals surface area contributed by atoms with Gasteiger partial charge in [-0.15, -0.1) is 0 Å². The third-order valence-electron chi connectivity index (χ3n) is 7.19. The minimum atomic E-state index is 0.125. The lowest BCUT2D eigenvalue weighted by Gasteiger charge is -2.36. The molecule has 0 saturated heterocycles. The molecule has 5 aromatic rings. The van der Waals surface area contributed by atoms with Crippen LogP contribution in [0.1, 0.15) is 26.3 Å². The van der Waals surface area contributed by atoms with Crippen LogP contribution in [0.15, 0.2) is 135 Å². The van der Waals surface area contributed by atoms with Gasteiger partial charge in [-0.1, -0.05) is 92.8 Å². The molecule has 0 saturated carbocycles. The van der Waals surface area contributed by atoms with Crippen LogP contribution in [0.25, 0.3) is 0 Å². The minimum absolute atomic E-state index is 0.125. The second kappa shape index (κ2) is 9.00. The van der Waals surface area contributed by atoms with Gasteiger partial charge in [0.2, 0.25) is 0 Å². The summed E-state index contributed by atoms with van der Waals surface area (Å²) < 4.78 is 0. The summed E-state index contributed by atoms with van der Waals surface area (Å²) in [5, 5.41) is 0. The monoisotopic (exact) mass is 528 g/mol. The van der Waals surface area contributed by atoms with E-state index in [1.807, 2.05) is 23.5 Å². The Labute approximate surface area is 233 Å². The third-order valence-corrected chi connectivity index (χ3v) is 9.43. The van der Waals surface area contributed by atoms with Crippen molar-refractivity contribution in [1.82, 2.24) is 0 Å². The fourth-order valence-electron chi connectivity index (χ4n) is 5.26. The summed E-state index contributed by atoms with van der Waals surface area (Å²) in [6, 6.07) is 42.1. The van der Waals surface area contributed by atoms with Gasteiger partial charge in [-0.05, 0) is 77.7 Å². The predicted molar refractivity (Wildman–Crippen MR) is 163 cm³/mol. The van der Waals surface area contributed by atoms with Crippen molar-refractivity contribution < 1.29 is 0 Å². The number of benzene rings is 5. The van der Waals surface area contributed by atoms with Crippen LogP contribution in [-0.2, 0) is 5.41 Å². The molecule has 186 valence electrons. The Morgan fingerprint density at radius 3 is 1.39 bits per heavy atom. The summed E-state index contributed by atoms with van der Waals surface area (Å²) in [7, 11) is 0. The maximum absolute atomic E-state index is 2.41. The van der Waals surface area contributed by atoms with Crippen LogP contribution < -0.4 is 9.80 Å². The molecule has 0 aromatic heterocycles. The van der Waals surface area contributed by atoms with E-state index in [9.17, 15) is 0 Å². The van der Waals surface area contributed by atoms with E-state index in [-0.39, 0.29) is 5.41 Å². The Hall–Kier alpha value is -3.60. The summed E-state index contributed by atoms with van der Waals surface area (Å²) >= 11 is 3.70. The maximum atomic E-state index is 2.41. The quantitative estimate of drug-likeness (QED) is 0.220. The number of rotatable bonds is 2. The number of nitrogens with zero attached hydrogens (tertiary/aromatic N) is 2. The van der Waals surface area contributed by atoms with Gasteiger partial charge < -0.3 is 9.80 Å². The largest absolute Gasteiger partial charge is 0.308 e. The van der Waals surface area contributed by atoms with Crippen molar-refractivity contribution in [1.29, 1.82) is 0 Å². The predicted octanol–water partition coefficient (Wildman–Crippen LogP) is 10.9. The summed E-state index contributed by atoms with van der Waals surface area (Å²) in [4.78, 5) is 9.90. The maximum Gasteiger partial charge on any atom is 0.0603 e. The summed E-state index contributed by atoms with van der Waals surface area (Å²) in [6.45, 7) is 6.79. The van der Waals surface area contributed by atoms with E-state index in [4.69, 9.17) is 0 Å². The standard InChI is InChI=1S/C34H28N2S2/c1-34(2,3)23-16-18-24(19-17-23)35-26-10-4-9-15-32(26)38-33-22-25(20-21-29(33)35)36-27-11-5-7-13-30(27)37-31-14-8-6-12-28(31)36/h4-22H,1-3H3. The molecule has 2 nitrogen and oxygen atoms in total. The molecule has 0 spiro atoms. The summed E-state index contributed by atoms with van der Waals surface area (Å²) in [6.07, 6.45) is 0. The first-order chi connectivity index (χ1) is 18.5. The average Bonchev–Trinajstić information content (AvgIpc) is 2.94. The highest BCUT2D eigenvalue weighted by Gasteiger charge is 2.29. The lowest BCUT2D eigenvalue weighted by atomic mass is 9.87. The van der Waals surface area contributed by atoms with Gasteiger partial charge in [0.05, 0.1) is 22.7 Å². The first-order valence-corrected chi connectivity index (χ1v) is 14.6. The molecule has 0 atom stereocenters. The van der Waals surface area contributed by atoms with E-state index in [0.29, 0.717) is 0 Å². The summed E-state index contributed by atoms with van der Waals surface area (Å²) in [5.74, 6) is 0. The minimum Gasteiger partial charge on any atom is -0.308 e. The molecule has 2 aliphatic rings. The molecule has 0 fully saturated rings. The second-order valence-corrected chi connectivity index (χ2v) is 12.9. The third kappa shape index (κ3) is 3.91. The molecular formula is C34H28N2S2. The lowest BCUT2D eigenvalue weighted by molar-refractivity contribution is 0.590. The SMILES string of the molecule is CC(C)(C)c1ccc(N2c3ccccc3Sc3cc(N4c5ccccc5Sc5ccccc54)ccc32)cc1. The molecule has 7 rings (SSSR count). The van der Waals surface area contributed by atoms with Crippen LogP contribution >= 0.6 is 23.5 Å². The molecule has 2 heterocycles. The van der Waals surface area contributed by atoms with E-state index in [1.165, 1.54) is 59.3 Å². The van der Waals surface area contributed by atoms with Gasteiger partial charge in [-0.25, -0.2) is 0 Å². The Morgan fingerprint density at radius 2 is 0.868 bits per heavy atom. The van der Waals surface area contributed by atoms with Gasteiger partial charge in [0.1, 0.15) is 0 Å². The van der Waals surface area contributed by atoms with Crippen molar-refractivity contribution in [2.75, 3.05) is 9.80 Å². The Kier molecular flexibility index (Phi) is 5.57. The highest BCUT2D eigenvalue weighted by atomic mass is 32.2. The van der Waals surface area contributed by atoms with Crippen LogP contribution in [-0.4, -0.2) is 0 Å². The molecule has 5 aromatic carbocycles. The zero-order chi connectivity index (χ0) is 25.9. The van der Waals surface area contributed by atoms with Crippen molar-refractivity contribution in [3.8, 4) is 0 Å². The Bertz CT molecular complexity index is 1620. The molecule has 2 aliphatic heterocycles. The van der Waals surface area contributed by atoms with Crippen LogP contribution in [0.3, 0.4) is 0 Å². The number of anilines is 6. The fourth-order valence-corrected chi connectivity index (χ4v) is 7.41. The normalized spacial score (nSPS) is 13.9. The number of hydrogen-bond acceptors (Lipinski definition) is 4. The average molecular weight is 529 g/mol. The molecule has 0 radical (unpaired) electrons. The first kappa shape index (κ1) is 23.5. The molecule has 38 heavy (non-hydrogen) atoms. The van der Waals surface area contributed by atoms with Crippen molar-refractivity contribution in [2.24, 2.45) is 0 Å². The molecular weight excluding hydrogens is 501 g/mol. The van der Waals surface area contributed by atoms with E-state index in [2.05, 4.69) is 146 Å². The number of hydrogen-bond donors (Lipinski definition) is 0. The molecule has 0 unspecified atom stereocenters. The lowest BCUT2D eigenvalue weighted by Crippen LogP contribution is -2.18. The van der Waals surface area contributed by atoms with E-state index >= 15 is 0 Å². The molecule has 4 heteroatoms. The zero-order valence-electron chi connectivity index (χ0n) is 21.7. The highest BCUT2D eigenvalue weighted by molar-refractivity contribution is 8.00. The van der Waals surface area contributed by atoms with Crippen molar-refractivity contribution in [3.63, 3.8) is 0 Å². The van der Waals surface area contributed by atoms with Gasteiger partial charge in [-0.2, -0.15) is 0 Å². The van der Waals surface area contributed by atoms with Crippen LogP contribution in [0.5, 0.6) is 0 Å². The first-order valence-electron chi connectivity index (χ1n) is 12.9. The fraction of sp³-hybridized carbons (Fsp3) is 0.118. The van der Waals surface area contributed by atoms with E-state index in [0.717, 1.165) is 0 Å². The number of para-hydroxylation sites is 3. The number of fused-ring (bicyclic) bond motifs is 4. The van der Waals surface area contributed by atoms with Crippen LogP contribution in [0.2, 0.25) is 0 Å². The Balaban J connectivity index is 1.37. The summed E-state index contributed by atoms with van der Waals surface area (Å²) in [5.41, 5.74) is 8.74. The van der Waals surface area contributed by atoms with Crippen molar-refractivity contribution in [3.05, 3.63) is 121 Å². The van der Waals surface area contributed by atoms with Gasteiger partial charge in [0.25, 0.3) is 0 Å². The van der Waals surface area contributed by atoms with Gasteiger partial charge >= 0.3 is 0 Å². The molecule has 0 N–H and O–H groups in total. The van der Waals surface area contributed by atoms with Crippen molar-refractivity contribution in [2.45, 2.75) is 45.8 Å². The van der Waals surface area contributed by atoms with Crippen molar-refractivity contribution >= 4 is 57.6 Å². The highest BCUT2D eigenvalue weighted by Crippen LogP contribution is 2.55. The molecule has 0 aliphatic carbocycles. The second-order valence-electron chi connectivity index (χ2n) is 10.7. The van der Waals surface area contributed by atoms with Crippen LogP contribution in [0, 0.1) is 0 Å². The van der Waals surface area contributed by atoms with Gasteiger partial charge in [0.15, 0.2) is 0 Å². The topological polar surface area (TPSA) is 6.48 Å². The van der Waals surface area contributed by atoms with Gasteiger partial charge in [-0.3, -0.25) is 0 Å². The van der Waals surface area contributed by atoms with E-state index in [1.54, 1.807) is 0 Å². The smallest absolute Gasteiger partial charge is 0.0603 e. The van der Waals surface area contributed by atoms with Gasteiger partial charge in [0, 0.05) is 31.0 Å². The zero-order valence-corrected chi connectivity index (χ0v) is 23.3.